The lowest BCUT2D eigenvalue weighted by Crippen LogP contribution is -1.94. The lowest BCUT2D eigenvalue weighted by Gasteiger charge is -2.15. The molecule has 3 heterocycles. The summed E-state index contributed by atoms with van der Waals surface area (Å²) in [7, 11) is 0. The Morgan fingerprint density at radius 1 is 0.205 bits per heavy atom. The normalized spacial score (nSPS) is 11.6. The molecule has 0 aliphatic rings. The van der Waals surface area contributed by atoms with Crippen molar-refractivity contribution in [2.24, 2.45) is 0 Å². The second-order valence-corrected chi connectivity index (χ2v) is 20.3. The number of nitrogens with zero attached hydrogens (tertiary/aromatic N) is 3. The zero-order valence-electron chi connectivity index (χ0n) is 42.6. The second-order valence-electron chi connectivity index (χ2n) is 20.3. The average molecular weight is 992 g/mol. The summed E-state index contributed by atoms with van der Waals surface area (Å²) >= 11 is 0. The van der Waals surface area contributed by atoms with Crippen LogP contribution >= 0.6 is 0 Å². The highest BCUT2D eigenvalue weighted by Crippen LogP contribution is 2.40. The third-order valence-electron chi connectivity index (χ3n) is 15.7. The Morgan fingerprint density at radius 3 is 1.01 bits per heavy atom. The quantitative estimate of drug-likeness (QED) is 0.141. The molecular weight excluding hydrogens is 943 g/mol. The Morgan fingerprint density at radius 2 is 0.538 bits per heavy atom. The largest absolute Gasteiger partial charge is 0.309 e. The molecule has 12 aromatic carbocycles. The number of rotatable bonds is 9. The van der Waals surface area contributed by atoms with Crippen LogP contribution in [0.4, 0.5) is 0 Å². The van der Waals surface area contributed by atoms with Gasteiger partial charge in [0, 0.05) is 43.9 Å². The molecule has 0 aliphatic carbocycles. The maximum Gasteiger partial charge on any atom is 0.0716 e. The zero-order chi connectivity index (χ0) is 51.5. The molecule has 0 atom stereocenters. The molecule has 0 radical (unpaired) electrons. The molecule has 364 valence electrons. The highest BCUT2D eigenvalue weighted by Gasteiger charge is 2.17. The van der Waals surface area contributed by atoms with Crippen LogP contribution in [0.1, 0.15) is 0 Å². The molecule has 78 heavy (non-hydrogen) atoms. The number of fused-ring (bicyclic) bond motifs is 7. The van der Waals surface area contributed by atoms with E-state index in [-0.39, 0.29) is 0 Å². The van der Waals surface area contributed by atoms with Gasteiger partial charge in [-0.1, -0.05) is 206 Å². The van der Waals surface area contributed by atoms with Gasteiger partial charge < -0.3 is 9.13 Å². The number of para-hydroxylation sites is 4. The van der Waals surface area contributed by atoms with Crippen molar-refractivity contribution in [1.29, 1.82) is 0 Å². The fourth-order valence-corrected chi connectivity index (χ4v) is 12.0. The van der Waals surface area contributed by atoms with Gasteiger partial charge in [-0.2, -0.15) is 0 Å². The van der Waals surface area contributed by atoms with E-state index in [1.165, 1.54) is 71.4 Å². The minimum atomic E-state index is 0.928. The van der Waals surface area contributed by atoms with E-state index >= 15 is 0 Å². The fourth-order valence-electron chi connectivity index (χ4n) is 12.0. The van der Waals surface area contributed by atoms with Gasteiger partial charge in [-0.25, -0.2) is 4.98 Å². The molecule has 0 bridgehead atoms. The molecule has 3 aromatic heterocycles. The van der Waals surface area contributed by atoms with E-state index in [2.05, 4.69) is 306 Å². The first-order valence-electron chi connectivity index (χ1n) is 26.8. The van der Waals surface area contributed by atoms with Crippen molar-refractivity contribution in [3.8, 4) is 89.4 Å². The summed E-state index contributed by atoms with van der Waals surface area (Å²) in [6.07, 6.45) is 0. The van der Waals surface area contributed by atoms with E-state index in [1.807, 2.05) is 0 Å². The standard InChI is InChI=1S/C75H49N3/c1-2-18-50(19-3-1)51-20-14-28-60(44-51)68-49-71(61-29-15-25-56(45-61)52-21-12-22-53(42-52)57-26-16-30-62(46-57)77-72-36-8-4-32-64(72)65-33-5-9-37-73(65)77)76-70-41-40-59(48-69(68)70)55-24-13-23-54(43-55)58-27-17-31-63(47-58)78-74-38-10-6-34-66(74)67-35-7-11-39-75(67)78/h1-49H. The number of aromatic nitrogens is 3. The van der Waals surface area contributed by atoms with E-state index in [0.29, 0.717) is 0 Å². The van der Waals surface area contributed by atoms with Crippen molar-refractivity contribution >= 4 is 54.5 Å². The maximum atomic E-state index is 5.46. The molecule has 0 saturated heterocycles. The van der Waals surface area contributed by atoms with Crippen molar-refractivity contribution in [3.05, 3.63) is 297 Å². The number of hydrogen-bond donors (Lipinski definition) is 0. The van der Waals surface area contributed by atoms with Gasteiger partial charge in [0.25, 0.3) is 0 Å². The summed E-state index contributed by atoms with van der Waals surface area (Å²) in [6, 6.07) is 108. The van der Waals surface area contributed by atoms with Crippen LogP contribution in [0.5, 0.6) is 0 Å². The first kappa shape index (κ1) is 45.1. The van der Waals surface area contributed by atoms with Crippen molar-refractivity contribution < 1.29 is 0 Å². The summed E-state index contributed by atoms with van der Waals surface area (Å²) in [6.45, 7) is 0. The van der Waals surface area contributed by atoms with Crippen LogP contribution < -0.4 is 0 Å². The molecule has 3 nitrogen and oxygen atoms in total. The molecular formula is C75H49N3. The van der Waals surface area contributed by atoms with Gasteiger partial charge in [0.05, 0.1) is 33.3 Å². The molecule has 0 N–H and O–H groups in total. The Kier molecular flexibility index (Phi) is 10.9. The fraction of sp³-hybridized carbons (Fsp3) is 0. The predicted molar refractivity (Wildman–Crippen MR) is 328 cm³/mol. The molecule has 15 aromatic rings. The van der Waals surface area contributed by atoms with Gasteiger partial charge in [0.1, 0.15) is 0 Å². The minimum absolute atomic E-state index is 0.928. The Hall–Kier alpha value is -10.4. The number of hydrogen-bond acceptors (Lipinski definition) is 1. The van der Waals surface area contributed by atoms with Crippen molar-refractivity contribution in [2.75, 3.05) is 0 Å². The van der Waals surface area contributed by atoms with Crippen molar-refractivity contribution in [2.45, 2.75) is 0 Å². The van der Waals surface area contributed by atoms with Crippen LogP contribution in [-0.4, -0.2) is 14.1 Å². The topological polar surface area (TPSA) is 22.8 Å². The van der Waals surface area contributed by atoms with Gasteiger partial charge in [0.15, 0.2) is 0 Å². The average Bonchev–Trinajstić information content (AvgIpc) is 4.24. The Balaban J connectivity index is 0.803. The molecule has 15 rings (SSSR count). The monoisotopic (exact) mass is 991 g/mol. The molecule has 0 aliphatic heterocycles. The highest BCUT2D eigenvalue weighted by atomic mass is 15.0. The third kappa shape index (κ3) is 7.88. The van der Waals surface area contributed by atoms with Gasteiger partial charge in [-0.3, -0.25) is 0 Å². The van der Waals surface area contributed by atoms with Crippen LogP contribution in [0.15, 0.2) is 297 Å². The van der Waals surface area contributed by atoms with Crippen molar-refractivity contribution in [3.63, 3.8) is 0 Å². The molecule has 0 unspecified atom stereocenters. The van der Waals surface area contributed by atoms with Gasteiger partial charge >= 0.3 is 0 Å². The van der Waals surface area contributed by atoms with Gasteiger partial charge in [-0.05, 0) is 158 Å². The first-order valence-corrected chi connectivity index (χ1v) is 26.8. The van der Waals surface area contributed by atoms with Gasteiger partial charge in [-0.15, -0.1) is 0 Å². The molecule has 0 fully saturated rings. The van der Waals surface area contributed by atoms with E-state index in [0.717, 1.165) is 72.5 Å². The number of pyridine rings is 1. The maximum absolute atomic E-state index is 5.46. The molecule has 3 heteroatoms. The smallest absolute Gasteiger partial charge is 0.0716 e. The molecule has 0 spiro atoms. The summed E-state index contributed by atoms with van der Waals surface area (Å²) < 4.78 is 4.77. The summed E-state index contributed by atoms with van der Waals surface area (Å²) in [5, 5.41) is 6.14. The second kappa shape index (κ2) is 18.8. The van der Waals surface area contributed by atoms with E-state index < -0.39 is 0 Å². The highest BCUT2D eigenvalue weighted by molar-refractivity contribution is 6.10. The lowest BCUT2D eigenvalue weighted by molar-refractivity contribution is 1.18. The van der Waals surface area contributed by atoms with Crippen LogP contribution in [0.2, 0.25) is 0 Å². The number of benzene rings is 12. The predicted octanol–water partition coefficient (Wildman–Crippen LogP) is 20.1. The van der Waals surface area contributed by atoms with Crippen LogP contribution in [0.3, 0.4) is 0 Å². The van der Waals surface area contributed by atoms with Crippen molar-refractivity contribution in [1.82, 2.24) is 14.1 Å². The third-order valence-corrected chi connectivity index (χ3v) is 15.7. The van der Waals surface area contributed by atoms with E-state index in [4.69, 9.17) is 4.98 Å². The SMILES string of the molecule is c1ccc(-c2cccc(-c3cc(-c4cccc(-c5cccc(-c6cccc(-n7c8ccccc8c8ccccc87)c6)c5)c4)nc4ccc(-c5cccc(-c6cccc(-n7c8ccccc8c8ccccc87)c6)c5)cc34)c2)cc1. The summed E-state index contributed by atoms with van der Waals surface area (Å²) in [4.78, 5) is 5.46. The van der Waals surface area contributed by atoms with Crippen LogP contribution in [0.25, 0.3) is 144 Å². The lowest BCUT2D eigenvalue weighted by atomic mass is 9.92. The minimum Gasteiger partial charge on any atom is -0.309 e. The first-order chi connectivity index (χ1) is 38.6. The van der Waals surface area contributed by atoms with Gasteiger partial charge in [0.2, 0.25) is 0 Å². The summed E-state index contributed by atoms with van der Waals surface area (Å²) in [5.74, 6) is 0. The Labute approximate surface area is 452 Å². The molecule has 0 saturated carbocycles. The zero-order valence-corrected chi connectivity index (χ0v) is 42.6. The molecule has 0 amide bonds. The van der Waals surface area contributed by atoms with Crippen LogP contribution in [-0.2, 0) is 0 Å². The van der Waals surface area contributed by atoms with E-state index in [1.54, 1.807) is 0 Å². The van der Waals surface area contributed by atoms with E-state index in [9.17, 15) is 0 Å². The van der Waals surface area contributed by atoms with Crippen LogP contribution in [0, 0.1) is 0 Å². The summed E-state index contributed by atoms with van der Waals surface area (Å²) in [5.41, 5.74) is 23.9. The Bertz CT molecular complexity index is 4700.